The van der Waals surface area contributed by atoms with Crippen molar-refractivity contribution in [1.29, 1.82) is 0 Å². The molecule has 2 aromatic rings. The van der Waals surface area contributed by atoms with Crippen LogP contribution in [0.5, 0.6) is 0 Å². The highest BCUT2D eigenvalue weighted by atomic mass is 35.5. The highest BCUT2D eigenvalue weighted by molar-refractivity contribution is 6.39. The molecular weight excluding hydrogens is 436 g/mol. The van der Waals surface area contributed by atoms with Crippen molar-refractivity contribution in [2.75, 3.05) is 18.4 Å². The van der Waals surface area contributed by atoms with Crippen molar-refractivity contribution in [1.82, 2.24) is 4.90 Å². The summed E-state index contributed by atoms with van der Waals surface area (Å²) in [6.07, 6.45) is -2.77. The third-order valence-corrected chi connectivity index (χ3v) is 6.50. The monoisotopic (exact) mass is 454 g/mol. The number of alkyl halides is 3. The molecule has 0 radical (unpaired) electrons. The van der Waals surface area contributed by atoms with Crippen molar-refractivity contribution in [2.24, 2.45) is 0 Å². The maximum Gasteiger partial charge on any atom is 0.419 e. The normalized spacial score (nSPS) is 17.5. The van der Waals surface area contributed by atoms with Crippen LogP contribution in [-0.4, -0.2) is 29.8 Å². The molecule has 1 fully saturated rings. The number of carbonyl (C=O) groups excluding carboxylic acids is 2. The van der Waals surface area contributed by atoms with Gasteiger partial charge in [0.05, 0.1) is 5.56 Å². The van der Waals surface area contributed by atoms with Gasteiger partial charge in [-0.15, -0.1) is 0 Å². The smallest absolute Gasteiger partial charge is 0.334 e. The van der Waals surface area contributed by atoms with Gasteiger partial charge in [0, 0.05) is 23.8 Å². The first-order chi connectivity index (χ1) is 14.6. The molecule has 1 spiro atoms. The van der Waals surface area contributed by atoms with E-state index in [0.29, 0.717) is 47.5 Å². The van der Waals surface area contributed by atoms with Crippen LogP contribution in [0.4, 0.5) is 23.2 Å². The number of nitrogens with one attached hydrogen (secondary N) is 1. The number of aryl methyl sites for hydroxylation is 1. The topological polar surface area (TPSA) is 49.4 Å². The first-order valence-electron chi connectivity index (χ1n) is 9.85. The largest absolute Gasteiger partial charge is 0.419 e. The number of piperidine rings is 1. The predicted octanol–water partition coefficient (Wildman–Crippen LogP) is 4.94. The summed E-state index contributed by atoms with van der Waals surface area (Å²) in [6, 6.07) is 8.27. The van der Waals surface area contributed by atoms with Gasteiger partial charge in [-0.05, 0) is 78.6 Å². The number of halogens is 5. The van der Waals surface area contributed by atoms with Gasteiger partial charge in [0.15, 0.2) is 0 Å². The first kappa shape index (κ1) is 21.6. The molecule has 1 N–H and O–H groups in total. The van der Waals surface area contributed by atoms with Crippen LogP contribution in [0.2, 0.25) is 5.02 Å². The minimum absolute atomic E-state index is 0.273. The summed E-state index contributed by atoms with van der Waals surface area (Å²) >= 11 is 5.80. The Balaban J connectivity index is 1.44. The SMILES string of the molecule is O=C(Nc1ccc(Cl)cc1)C(=O)N1CCC2(CCc3cc(C(F)(F)F)c(F)cc32)CC1. The zero-order valence-corrected chi connectivity index (χ0v) is 17.1. The highest BCUT2D eigenvalue weighted by Gasteiger charge is 2.45. The number of carbonyl (C=O) groups is 2. The van der Waals surface area contributed by atoms with Crippen LogP contribution in [0.25, 0.3) is 0 Å². The molecule has 4 rings (SSSR count). The molecule has 0 bridgehead atoms. The molecule has 1 saturated heterocycles. The standard InChI is InChI=1S/C22H19ClF4N2O2/c23-14-1-3-15(4-2-14)28-19(30)20(31)29-9-7-21(8-10-29)6-5-13-11-17(22(25,26)27)18(24)12-16(13)21/h1-4,11-12H,5-10H2,(H,28,30). The lowest BCUT2D eigenvalue weighted by Crippen LogP contribution is -2.48. The van der Waals surface area contributed by atoms with E-state index in [9.17, 15) is 27.2 Å². The molecule has 164 valence electrons. The second-order valence-corrected chi connectivity index (χ2v) is 8.46. The summed E-state index contributed by atoms with van der Waals surface area (Å²) in [6.45, 7) is 0.546. The number of benzene rings is 2. The van der Waals surface area contributed by atoms with Crippen LogP contribution >= 0.6 is 11.6 Å². The van der Waals surface area contributed by atoms with E-state index in [4.69, 9.17) is 11.6 Å². The third-order valence-electron chi connectivity index (χ3n) is 6.25. The molecule has 0 saturated carbocycles. The van der Waals surface area contributed by atoms with Crippen molar-refractivity contribution in [2.45, 2.75) is 37.3 Å². The Hall–Kier alpha value is -2.61. The van der Waals surface area contributed by atoms with E-state index >= 15 is 0 Å². The number of fused-ring (bicyclic) bond motifs is 2. The van der Waals surface area contributed by atoms with Gasteiger partial charge in [0.1, 0.15) is 5.82 Å². The Morgan fingerprint density at radius 1 is 1.03 bits per heavy atom. The number of hydrogen-bond donors (Lipinski definition) is 1. The number of likely N-dealkylation sites (tertiary alicyclic amines) is 1. The quantitative estimate of drug-likeness (QED) is 0.490. The maximum absolute atomic E-state index is 14.2. The molecule has 1 aliphatic carbocycles. The van der Waals surface area contributed by atoms with Gasteiger partial charge < -0.3 is 10.2 Å². The fourth-order valence-corrected chi connectivity index (χ4v) is 4.69. The molecule has 1 aliphatic heterocycles. The van der Waals surface area contributed by atoms with Gasteiger partial charge in [-0.25, -0.2) is 4.39 Å². The number of nitrogens with zero attached hydrogens (tertiary/aromatic N) is 1. The fourth-order valence-electron chi connectivity index (χ4n) is 4.56. The van der Waals surface area contributed by atoms with Gasteiger partial charge in [0.25, 0.3) is 0 Å². The molecule has 4 nitrogen and oxygen atoms in total. The summed E-state index contributed by atoms with van der Waals surface area (Å²) in [4.78, 5) is 26.2. The van der Waals surface area contributed by atoms with Crippen LogP contribution in [-0.2, 0) is 27.6 Å². The predicted molar refractivity (Wildman–Crippen MR) is 107 cm³/mol. The van der Waals surface area contributed by atoms with Gasteiger partial charge in [0.2, 0.25) is 0 Å². The summed E-state index contributed by atoms with van der Waals surface area (Å²) < 4.78 is 53.2. The van der Waals surface area contributed by atoms with Crippen LogP contribution in [0.15, 0.2) is 36.4 Å². The molecule has 9 heteroatoms. The second kappa shape index (κ2) is 7.82. The number of rotatable bonds is 1. The maximum atomic E-state index is 14.2. The Labute approximate surface area is 181 Å². The lowest BCUT2D eigenvalue weighted by Gasteiger charge is -2.40. The van der Waals surface area contributed by atoms with E-state index in [1.54, 1.807) is 24.3 Å². The molecule has 0 aromatic heterocycles. The summed E-state index contributed by atoms with van der Waals surface area (Å²) in [5.41, 5.74) is -0.166. The lowest BCUT2D eigenvalue weighted by atomic mass is 9.73. The van der Waals surface area contributed by atoms with Gasteiger partial charge in [-0.2, -0.15) is 13.2 Å². The Bertz CT molecular complexity index is 1030. The van der Waals surface area contributed by atoms with Crippen molar-refractivity contribution < 1.29 is 27.2 Å². The molecule has 2 amide bonds. The molecule has 0 unspecified atom stereocenters. The van der Waals surface area contributed by atoms with E-state index in [0.717, 1.165) is 12.1 Å². The highest BCUT2D eigenvalue weighted by Crippen LogP contribution is 2.48. The average Bonchev–Trinajstić information content (AvgIpc) is 3.05. The molecular formula is C22H19ClF4N2O2. The van der Waals surface area contributed by atoms with Crippen LogP contribution in [0.1, 0.15) is 36.0 Å². The van der Waals surface area contributed by atoms with Crippen LogP contribution < -0.4 is 5.32 Å². The minimum atomic E-state index is -4.73. The molecule has 2 aromatic carbocycles. The summed E-state index contributed by atoms with van der Waals surface area (Å²) in [7, 11) is 0. The Kier molecular flexibility index (Phi) is 5.45. The Morgan fingerprint density at radius 3 is 2.29 bits per heavy atom. The second-order valence-electron chi connectivity index (χ2n) is 8.02. The van der Waals surface area contributed by atoms with Gasteiger partial charge in [-0.3, -0.25) is 9.59 Å². The third kappa shape index (κ3) is 4.13. The minimum Gasteiger partial charge on any atom is -0.334 e. The lowest BCUT2D eigenvalue weighted by molar-refractivity contribution is -0.144. The zero-order chi connectivity index (χ0) is 22.4. The Morgan fingerprint density at radius 2 is 1.68 bits per heavy atom. The number of hydrogen-bond acceptors (Lipinski definition) is 2. The van der Waals surface area contributed by atoms with E-state index in [2.05, 4.69) is 5.32 Å². The average molecular weight is 455 g/mol. The molecule has 1 heterocycles. The van der Waals surface area contributed by atoms with E-state index in [1.807, 2.05) is 0 Å². The summed E-state index contributed by atoms with van der Waals surface area (Å²) in [5.74, 6) is -2.72. The number of anilines is 1. The van der Waals surface area contributed by atoms with Gasteiger partial charge in [-0.1, -0.05) is 11.6 Å². The van der Waals surface area contributed by atoms with Crippen molar-refractivity contribution in [3.05, 3.63) is 63.9 Å². The molecule has 0 atom stereocenters. The molecule has 31 heavy (non-hydrogen) atoms. The fraction of sp³-hybridized carbons (Fsp3) is 0.364. The van der Waals surface area contributed by atoms with Gasteiger partial charge >= 0.3 is 18.0 Å². The zero-order valence-electron chi connectivity index (χ0n) is 16.4. The van der Waals surface area contributed by atoms with Crippen molar-refractivity contribution in [3.63, 3.8) is 0 Å². The number of amides is 2. The van der Waals surface area contributed by atoms with Crippen LogP contribution in [0, 0.1) is 5.82 Å². The first-order valence-corrected chi connectivity index (χ1v) is 10.2. The molecule has 2 aliphatic rings. The van der Waals surface area contributed by atoms with Crippen LogP contribution in [0.3, 0.4) is 0 Å². The van der Waals surface area contributed by atoms with Crippen molar-refractivity contribution >= 4 is 29.1 Å². The van der Waals surface area contributed by atoms with E-state index in [-0.39, 0.29) is 13.1 Å². The summed E-state index contributed by atoms with van der Waals surface area (Å²) in [5, 5.41) is 3.03. The van der Waals surface area contributed by atoms with E-state index < -0.39 is 34.8 Å². The van der Waals surface area contributed by atoms with Crippen molar-refractivity contribution in [3.8, 4) is 0 Å². The van der Waals surface area contributed by atoms with E-state index in [1.165, 1.54) is 4.90 Å².